The Balaban J connectivity index is 1.92. The van der Waals surface area contributed by atoms with E-state index in [1.165, 1.54) is 0 Å². The predicted molar refractivity (Wildman–Crippen MR) is 78.1 cm³/mol. The average Bonchev–Trinajstić information content (AvgIpc) is 2.80. The minimum absolute atomic E-state index is 0.205. The monoisotopic (exact) mass is 267 g/mol. The van der Waals surface area contributed by atoms with Gasteiger partial charge in [-0.2, -0.15) is 0 Å². The standard InChI is InChI=1S/C15H13N3O2/c1-9-4-2-3-5-11(9)16-14(19)10-6-7-12-13(8-10)18-15(20)17-12/h2-8H,1H3,(H,16,19)(H2,17,18,20). The number of aromatic amines is 2. The molecule has 1 amide bonds. The van der Waals surface area contributed by atoms with Gasteiger partial charge in [0.25, 0.3) is 5.91 Å². The number of carbonyl (C=O) groups excluding carboxylic acids is 1. The summed E-state index contributed by atoms with van der Waals surface area (Å²) < 4.78 is 0. The minimum atomic E-state index is -0.281. The number of aromatic nitrogens is 2. The molecule has 3 aromatic rings. The van der Waals surface area contributed by atoms with E-state index in [0.717, 1.165) is 11.3 Å². The summed E-state index contributed by atoms with van der Waals surface area (Å²) in [6.07, 6.45) is 0. The molecule has 0 saturated carbocycles. The van der Waals surface area contributed by atoms with E-state index < -0.39 is 0 Å². The van der Waals surface area contributed by atoms with E-state index in [0.29, 0.717) is 16.6 Å². The number of nitrogens with one attached hydrogen (secondary N) is 3. The molecule has 0 aliphatic carbocycles. The second kappa shape index (κ2) is 4.70. The molecule has 100 valence electrons. The van der Waals surface area contributed by atoms with Gasteiger partial charge in [0.15, 0.2) is 0 Å². The molecule has 1 aromatic heterocycles. The second-order valence-electron chi connectivity index (χ2n) is 4.61. The van der Waals surface area contributed by atoms with Crippen molar-refractivity contribution in [2.45, 2.75) is 6.92 Å². The highest BCUT2D eigenvalue weighted by molar-refractivity contribution is 6.06. The Labute approximate surface area is 114 Å². The summed E-state index contributed by atoms with van der Waals surface area (Å²) >= 11 is 0. The smallest absolute Gasteiger partial charge is 0.322 e. The third-order valence-corrected chi connectivity index (χ3v) is 3.17. The number of amides is 1. The molecular weight excluding hydrogens is 254 g/mol. The Bertz CT molecular complexity index is 845. The molecule has 3 rings (SSSR count). The first-order valence-electron chi connectivity index (χ1n) is 6.22. The van der Waals surface area contributed by atoms with Crippen LogP contribution >= 0.6 is 0 Å². The van der Waals surface area contributed by atoms with Gasteiger partial charge in [-0.05, 0) is 36.8 Å². The normalized spacial score (nSPS) is 10.7. The quantitative estimate of drug-likeness (QED) is 0.666. The SMILES string of the molecule is Cc1ccccc1NC(=O)c1ccc2[nH]c(=O)[nH]c2c1. The maximum atomic E-state index is 12.2. The molecule has 0 atom stereocenters. The van der Waals surface area contributed by atoms with Gasteiger partial charge in [0, 0.05) is 11.3 Å². The molecule has 5 heteroatoms. The number of benzene rings is 2. The van der Waals surface area contributed by atoms with Gasteiger partial charge < -0.3 is 15.3 Å². The molecule has 5 nitrogen and oxygen atoms in total. The Morgan fingerprint density at radius 2 is 1.80 bits per heavy atom. The van der Waals surface area contributed by atoms with Gasteiger partial charge in [-0.15, -0.1) is 0 Å². The third-order valence-electron chi connectivity index (χ3n) is 3.17. The Hall–Kier alpha value is -2.82. The van der Waals surface area contributed by atoms with E-state index in [2.05, 4.69) is 15.3 Å². The lowest BCUT2D eigenvalue weighted by molar-refractivity contribution is 0.102. The van der Waals surface area contributed by atoms with Crippen molar-refractivity contribution in [2.75, 3.05) is 5.32 Å². The van der Waals surface area contributed by atoms with Gasteiger partial charge in [0.2, 0.25) is 0 Å². The number of H-pyrrole nitrogens is 2. The summed E-state index contributed by atoms with van der Waals surface area (Å²) in [4.78, 5) is 28.7. The van der Waals surface area contributed by atoms with Crippen molar-refractivity contribution in [3.05, 3.63) is 64.1 Å². The number of aryl methyl sites for hydroxylation is 1. The van der Waals surface area contributed by atoms with E-state index in [1.54, 1.807) is 18.2 Å². The van der Waals surface area contributed by atoms with Crippen molar-refractivity contribution in [2.24, 2.45) is 0 Å². The number of anilines is 1. The van der Waals surface area contributed by atoms with Crippen molar-refractivity contribution in [1.29, 1.82) is 0 Å². The second-order valence-corrected chi connectivity index (χ2v) is 4.61. The topological polar surface area (TPSA) is 77.8 Å². The van der Waals surface area contributed by atoms with Crippen LogP contribution in [0.1, 0.15) is 15.9 Å². The summed E-state index contributed by atoms with van der Waals surface area (Å²) in [5.74, 6) is -0.205. The van der Waals surface area contributed by atoms with Crippen LogP contribution in [0, 0.1) is 6.92 Å². The van der Waals surface area contributed by atoms with E-state index in [9.17, 15) is 9.59 Å². The number of rotatable bonds is 2. The van der Waals surface area contributed by atoms with Gasteiger partial charge in [0.1, 0.15) is 0 Å². The molecule has 0 unspecified atom stereocenters. The van der Waals surface area contributed by atoms with Crippen molar-refractivity contribution < 1.29 is 4.79 Å². The van der Waals surface area contributed by atoms with Crippen LogP contribution < -0.4 is 11.0 Å². The number of hydrogen-bond acceptors (Lipinski definition) is 2. The average molecular weight is 267 g/mol. The van der Waals surface area contributed by atoms with E-state index in [-0.39, 0.29) is 11.6 Å². The lowest BCUT2D eigenvalue weighted by Gasteiger charge is -2.07. The molecule has 1 heterocycles. The third kappa shape index (κ3) is 2.21. The van der Waals surface area contributed by atoms with Crippen molar-refractivity contribution >= 4 is 22.6 Å². The molecular formula is C15H13N3O2. The Morgan fingerprint density at radius 1 is 1.05 bits per heavy atom. The summed E-state index contributed by atoms with van der Waals surface area (Å²) in [6, 6.07) is 12.6. The molecule has 0 fully saturated rings. The fourth-order valence-electron chi connectivity index (χ4n) is 2.08. The highest BCUT2D eigenvalue weighted by Crippen LogP contribution is 2.16. The fourth-order valence-corrected chi connectivity index (χ4v) is 2.08. The van der Waals surface area contributed by atoms with Gasteiger partial charge >= 0.3 is 5.69 Å². The van der Waals surface area contributed by atoms with E-state index in [4.69, 9.17) is 0 Å². The van der Waals surface area contributed by atoms with Crippen molar-refractivity contribution in [1.82, 2.24) is 9.97 Å². The van der Waals surface area contributed by atoms with Gasteiger partial charge in [-0.3, -0.25) is 4.79 Å². The molecule has 0 aliphatic heterocycles. The molecule has 0 aliphatic rings. The van der Waals surface area contributed by atoms with Crippen LogP contribution in [-0.2, 0) is 0 Å². The zero-order valence-corrected chi connectivity index (χ0v) is 10.9. The maximum Gasteiger partial charge on any atom is 0.323 e. The van der Waals surface area contributed by atoms with Crippen LogP contribution in [-0.4, -0.2) is 15.9 Å². The fraction of sp³-hybridized carbons (Fsp3) is 0.0667. The summed E-state index contributed by atoms with van der Waals surface area (Å²) in [6.45, 7) is 1.93. The summed E-state index contributed by atoms with van der Waals surface area (Å²) in [5, 5.41) is 2.86. The number of imidazole rings is 1. The maximum absolute atomic E-state index is 12.2. The van der Waals surface area contributed by atoms with Crippen LogP contribution in [0.2, 0.25) is 0 Å². The molecule has 0 saturated heterocycles. The Morgan fingerprint density at radius 3 is 2.60 bits per heavy atom. The van der Waals surface area contributed by atoms with E-state index >= 15 is 0 Å². The zero-order chi connectivity index (χ0) is 14.1. The minimum Gasteiger partial charge on any atom is -0.322 e. The first-order valence-corrected chi connectivity index (χ1v) is 6.22. The lowest BCUT2D eigenvalue weighted by Crippen LogP contribution is -2.12. The van der Waals surface area contributed by atoms with Crippen LogP contribution in [0.5, 0.6) is 0 Å². The number of para-hydroxylation sites is 1. The van der Waals surface area contributed by atoms with Gasteiger partial charge in [-0.1, -0.05) is 18.2 Å². The molecule has 0 radical (unpaired) electrons. The zero-order valence-electron chi connectivity index (χ0n) is 10.9. The highest BCUT2D eigenvalue weighted by Gasteiger charge is 2.09. The lowest BCUT2D eigenvalue weighted by atomic mass is 10.1. The molecule has 3 N–H and O–H groups in total. The largest absolute Gasteiger partial charge is 0.323 e. The molecule has 2 aromatic carbocycles. The van der Waals surface area contributed by atoms with Crippen molar-refractivity contribution in [3.63, 3.8) is 0 Å². The summed E-state index contributed by atoms with van der Waals surface area (Å²) in [5.41, 5.74) is 3.29. The first-order chi connectivity index (χ1) is 9.63. The van der Waals surface area contributed by atoms with Gasteiger partial charge in [-0.25, -0.2) is 4.79 Å². The molecule has 0 bridgehead atoms. The van der Waals surface area contributed by atoms with Crippen LogP contribution in [0.15, 0.2) is 47.3 Å². The van der Waals surface area contributed by atoms with E-state index in [1.807, 2.05) is 31.2 Å². The molecule has 0 spiro atoms. The first kappa shape index (κ1) is 12.2. The van der Waals surface area contributed by atoms with Crippen molar-refractivity contribution in [3.8, 4) is 0 Å². The number of fused-ring (bicyclic) bond motifs is 1. The number of hydrogen-bond donors (Lipinski definition) is 3. The van der Waals surface area contributed by atoms with Gasteiger partial charge in [0.05, 0.1) is 11.0 Å². The summed E-state index contributed by atoms with van der Waals surface area (Å²) in [7, 11) is 0. The highest BCUT2D eigenvalue weighted by atomic mass is 16.2. The predicted octanol–water partition coefficient (Wildman–Crippen LogP) is 2.42. The van der Waals surface area contributed by atoms with Crippen LogP contribution in [0.3, 0.4) is 0 Å². The number of carbonyl (C=O) groups is 1. The van der Waals surface area contributed by atoms with Crippen LogP contribution in [0.4, 0.5) is 5.69 Å². The molecule has 20 heavy (non-hydrogen) atoms. The Kier molecular flexibility index (Phi) is 2.87. The van der Waals surface area contributed by atoms with Crippen LogP contribution in [0.25, 0.3) is 11.0 Å².